The molecule has 122 valence electrons. The molecular formula is C15H25F3N2O. The van der Waals surface area contributed by atoms with E-state index in [1.54, 1.807) is 4.90 Å². The van der Waals surface area contributed by atoms with Crippen molar-refractivity contribution >= 4 is 5.91 Å². The molecule has 0 aromatic rings. The Morgan fingerprint density at radius 2 is 1.62 bits per heavy atom. The minimum Gasteiger partial charge on any atom is -0.340 e. The molecule has 1 heterocycles. The smallest absolute Gasteiger partial charge is 0.340 e. The minimum absolute atomic E-state index is 0.118. The van der Waals surface area contributed by atoms with Gasteiger partial charge in [0.1, 0.15) is 0 Å². The van der Waals surface area contributed by atoms with E-state index >= 15 is 0 Å². The van der Waals surface area contributed by atoms with Gasteiger partial charge >= 0.3 is 6.18 Å². The summed E-state index contributed by atoms with van der Waals surface area (Å²) in [7, 11) is 0. The van der Waals surface area contributed by atoms with E-state index < -0.39 is 12.7 Å². The highest BCUT2D eigenvalue weighted by Crippen LogP contribution is 2.27. The Kier molecular flexibility index (Phi) is 5.90. The van der Waals surface area contributed by atoms with Crippen LogP contribution in [0.4, 0.5) is 13.2 Å². The zero-order chi connectivity index (χ0) is 15.3. The fourth-order valence-corrected chi connectivity index (χ4v) is 3.37. The highest BCUT2D eigenvalue weighted by atomic mass is 19.4. The molecule has 2 aliphatic rings. The highest BCUT2D eigenvalue weighted by Gasteiger charge is 2.32. The Hall–Kier alpha value is -0.780. The third kappa shape index (κ3) is 5.85. The van der Waals surface area contributed by atoms with E-state index in [4.69, 9.17) is 0 Å². The number of halogens is 3. The van der Waals surface area contributed by atoms with Gasteiger partial charge in [0, 0.05) is 32.6 Å². The summed E-state index contributed by atoms with van der Waals surface area (Å²) in [4.78, 5) is 15.2. The summed E-state index contributed by atoms with van der Waals surface area (Å²) in [5, 5.41) is 0. The second-order valence-corrected chi connectivity index (χ2v) is 6.31. The molecule has 0 bridgehead atoms. The van der Waals surface area contributed by atoms with Crippen molar-refractivity contribution in [3.63, 3.8) is 0 Å². The quantitative estimate of drug-likeness (QED) is 0.797. The third-order valence-electron chi connectivity index (χ3n) is 4.62. The zero-order valence-corrected chi connectivity index (χ0v) is 12.5. The number of alkyl halides is 3. The van der Waals surface area contributed by atoms with Gasteiger partial charge in [0.15, 0.2) is 0 Å². The molecule has 0 atom stereocenters. The average molecular weight is 306 g/mol. The lowest BCUT2D eigenvalue weighted by Gasteiger charge is -2.35. The standard InChI is InChI=1S/C15H25F3N2O/c16-15(17,18)12-19-8-10-20(11-9-19)14(21)7-6-13-4-2-1-3-5-13/h13H,1-12H2. The molecule has 1 aliphatic heterocycles. The largest absolute Gasteiger partial charge is 0.401 e. The Morgan fingerprint density at radius 1 is 1.00 bits per heavy atom. The molecule has 1 saturated carbocycles. The molecule has 1 saturated heterocycles. The van der Waals surface area contributed by atoms with Crippen LogP contribution in [0.15, 0.2) is 0 Å². The summed E-state index contributed by atoms with van der Waals surface area (Å²) in [6.45, 7) is 0.652. The first-order valence-electron chi connectivity index (χ1n) is 8.01. The van der Waals surface area contributed by atoms with Crippen LogP contribution in [0.1, 0.15) is 44.9 Å². The molecule has 1 aliphatic carbocycles. The van der Waals surface area contributed by atoms with Crippen LogP contribution in [0, 0.1) is 5.92 Å². The lowest BCUT2D eigenvalue weighted by molar-refractivity contribution is -0.151. The number of piperazine rings is 1. The molecule has 3 nitrogen and oxygen atoms in total. The van der Waals surface area contributed by atoms with Crippen LogP contribution >= 0.6 is 0 Å². The summed E-state index contributed by atoms with van der Waals surface area (Å²) in [5.74, 6) is 0.793. The molecule has 0 aromatic heterocycles. The molecule has 6 heteroatoms. The molecule has 21 heavy (non-hydrogen) atoms. The molecular weight excluding hydrogens is 281 g/mol. The SMILES string of the molecule is O=C(CCC1CCCCC1)N1CCN(CC(F)(F)F)CC1. The van der Waals surface area contributed by atoms with E-state index in [9.17, 15) is 18.0 Å². The molecule has 0 unspecified atom stereocenters. The van der Waals surface area contributed by atoms with Crippen LogP contribution in [-0.4, -0.2) is 54.6 Å². The van der Waals surface area contributed by atoms with Crippen molar-refractivity contribution in [1.29, 1.82) is 0 Å². The summed E-state index contributed by atoms with van der Waals surface area (Å²) >= 11 is 0. The lowest BCUT2D eigenvalue weighted by atomic mass is 9.86. The maximum atomic E-state index is 12.3. The van der Waals surface area contributed by atoms with E-state index in [1.807, 2.05) is 0 Å². The molecule has 0 radical (unpaired) electrons. The summed E-state index contributed by atoms with van der Waals surface area (Å²) in [6.07, 6.45) is 3.67. The molecule has 2 rings (SSSR count). The van der Waals surface area contributed by atoms with Gasteiger partial charge < -0.3 is 4.90 Å². The van der Waals surface area contributed by atoms with Gasteiger partial charge in [-0.15, -0.1) is 0 Å². The maximum absolute atomic E-state index is 12.3. The van der Waals surface area contributed by atoms with Crippen molar-refractivity contribution in [2.45, 2.75) is 51.1 Å². The van der Waals surface area contributed by atoms with Gasteiger partial charge in [-0.25, -0.2) is 0 Å². The van der Waals surface area contributed by atoms with Crippen molar-refractivity contribution in [1.82, 2.24) is 9.80 Å². The number of carbonyl (C=O) groups is 1. The van der Waals surface area contributed by atoms with Crippen molar-refractivity contribution in [3.8, 4) is 0 Å². The van der Waals surface area contributed by atoms with E-state index in [2.05, 4.69) is 0 Å². The zero-order valence-electron chi connectivity index (χ0n) is 12.5. The number of hydrogen-bond acceptors (Lipinski definition) is 2. The van der Waals surface area contributed by atoms with Gasteiger partial charge in [-0.3, -0.25) is 9.69 Å². The Balaban J connectivity index is 1.65. The van der Waals surface area contributed by atoms with Crippen LogP contribution in [0.5, 0.6) is 0 Å². The first-order chi connectivity index (χ1) is 9.94. The van der Waals surface area contributed by atoms with Crippen LogP contribution in [-0.2, 0) is 4.79 Å². The topological polar surface area (TPSA) is 23.6 Å². The Morgan fingerprint density at radius 3 is 2.19 bits per heavy atom. The highest BCUT2D eigenvalue weighted by molar-refractivity contribution is 5.76. The third-order valence-corrected chi connectivity index (χ3v) is 4.62. The van der Waals surface area contributed by atoms with Crippen molar-refractivity contribution in [3.05, 3.63) is 0 Å². The van der Waals surface area contributed by atoms with Crippen LogP contribution in [0.3, 0.4) is 0 Å². The van der Waals surface area contributed by atoms with Gasteiger partial charge in [-0.1, -0.05) is 32.1 Å². The van der Waals surface area contributed by atoms with Crippen molar-refractivity contribution < 1.29 is 18.0 Å². The van der Waals surface area contributed by atoms with E-state index in [0.29, 0.717) is 38.5 Å². The summed E-state index contributed by atoms with van der Waals surface area (Å²) in [5.41, 5.74) is 0. The number of nitrogens with zero attached hydrogens (tertiary/aromatic N) is 2. The first kappa shape index (κ1) is 16.6. The molecule has 2 fully saturated rings. The van der Waals surface area contributed by atoms with Gasteiger partial charge in [-0.2, -0.15) is 13.2 Å². The lowest BCUT2D eigenvalue weighted by Crippen LogP contribution is -2.50. The molecule has 0 N–H and O–H groups in total. The van der Waals surface area contributed by atoms with Gasteiger partial charge in [-0.05, 0) is 12.3 Å². The normalized spacial score (nSPS) is 22.5. The number of amides is 1. The second kappa shape index (κ2) is 7.47. The summed E-state index contributed by atoms with van der Waals surface area (Å²) < 4.78 is 36.9. The van der Waals surface area contributed by atoms with Gasteiger partial charge in [0.05, 0.1) is 6.54 Å². The molecule has 0 aromatic carbocycles. The first-order valence-corrected chi connectivity index (χ1v) is 8.01. The van der Waals surface area contributed by atoms with Crippen LogP contribution in [0.25, 0.3) is 0 Å². The predicted molar refractivity (Wildman–Crippen MR) is 74.9 cm³/mol. The van der Waals surface area contributed by atoms with Gasteiger partial charge in [0.25, 0.3) is 0 Å². The van der Waals surface area contributed by atoms with Crippen LogP contribution in [0.2, 0.25) is 0 Å². The summed E-state index contributed by atoms with van der Waals surface area (Å²) in [6, 6.07) is 0. The molecule has 1 amide bonds. The second-order valence-electron chi connectivity index (χ2n) is 6.31. The Bertz CT molecular complexity index is 332. The van der Waals surface area contributed by atoms with E-state index in [-0.39, 0.29) is 5.91 Å². The fourth-order valence-electron chi connectivity index (χ4n) is 3.37. The van der Waals surface area contributed by atoms with Crippen molar-refractivity contribution in [2.75, 3.05) is 32.7 Å². The van der Waals surface area contributed by atoms with Crippen molar-refractivity contribution in [2.24, 2.45) is 5.92 Å². The monoisotopic (exact) mass is 306 g/mol. The van der Waals surface area contributed by atoms with E-state index in [1.165, 1.54) is 37.0 Å². The number of carbonyl (C=O) groups excluding carboxylic acids is 1. The number of rotatable bonds is 4. The number of hydrogen-bond donors (Lipinski definition) is 0. The maximum Gasteiger partial charge on any atom is 0.401 e. The fraction of sp³-hybridized carbons (Fsp3) is 0.933. The molecule has 0 spiro atoms. The van der Waals surface area contributed by atoms with E-state index in [0.717, 1.165) is 6.42 Å². The predicted octanol–water partition coefficient (Wildman–Crippen LogP) is 3.05. The average Bonchev–Trinajstić information content (AvgIpc) is 2.45. The van der Waals surface area contributed by atoms with Gasteiger partial charge in [0.2, 0.25) is 5.91 Å². The Labute approximate surface area is 124 Å². The van der Waals surface area contributed by atoms with Crippen LogP contribution < -0.4 is 0 Å². The minimum atomic E-state index is -4.15.